The molecule has 9 heterocycles. The Bertz CT molecular complexity index is 5720. The average Bonchev–Trinajstić information content (AvgIpc) is 1.21. The zero-order chi connectivity index (χ0) is 101. The van der Waals surface area contributed by atoms with E-state index < -0.39 is 220 Å². The topological polar surface area (TPSA) is 332 Å². The van der Waals surface area contributed by atoms with Crippen LogP contribution in [0.15, 0.2) is 54.6 Å². The first-order valence-electron chi connectivity index (χ1n) is 48.6. The van der Waals surface area contributed by atoms with Crippen LogP contribution >= 0.6 is 0 Å². The Morgan fingerprint density at radius 2 is 0.692 bits per heavy atom. The smallest absolute Gasteiger partial charge is 0.416 e. The van der Waals surface area contributed by atoms with Gasteiger partial charge >= 0.3 is 36.8 Å². The van der Waals surface area contributed by atoms with Gasteiger partial charge in [-0.25, -0.2) is 63.1 Å². The summed E-state index contributed by atoms with van der Waals surface area (Å²) in [4.78, 5) is 148. The van der Waals surface area contributed by atoms with Crippen LogP contribution in [-0.4, -0.2) is 192 Å². The second-order valence-corrected chi connectivity index (χ2v) is 43.6. The van der Waals surface area contributed by atoms with Crippen molar-refractivity contribution in [2.75, 3.05) is 19.6 Å². The van der Waals surface area contributed by atoms with E-state index in [1.54, 1.807) is 62.3 Å². The van der Waals surface area contributed by atoms with Crippen molar-refractivity contribution in [3.63, 3.8) is 0 Å². The molecule has 12 aliphatic rings. The summed E-state index contributed by atoms with van der Waals surface area (Å²) in [5.74, 6) is -9.16. The summed E-state index contributed by atoms with van der Waals surface area (Å²) < 4.78 is 222. The maximum Gasteiger partial charge on any atom is 0.416 e. The molecule has 6 saturated carbocycles. The Morgan fingerprint density at radius 3 is 1.03 bits per heavy atom. The van der Waals surface area contributed by atoms with Gasteiger partial charge < -0.3 is 73.5 Å². The molecular formula is C100H118F13N12O15V3-3. The van der Waals surface area contributed by atoms with Gasteiger partial charge in [0.25, 0.3) is 11.8 Å². The summed E-state index contributed by atoms with van der Waals surface area (Å²) in [6.07, 6.45) is -3.81. The number of aromatic nitrogens is 6. The number of ether oxygens (including phenoxy) is 6. The number of halogens is 13. The van der Waals surface area contributed by atoms with Gasteiger partial charge in [-0.15, -0.1) is 0 Å². The number of alkyl carbamates (subject to hydrolysis) is 3. The number of amides is 6. The molecule has 6 aliphatic carbocycles. The average molecular weight is 2130 g/mol. The van der Waals surface area contributed by atoms with Crippen molar-refractivity contribution in [2.45, 2.75) is 315 Å². The van der Waals surface area contributed by atoms with Crippen LogP contribution in [-0.2, 0) is 135 Å². The Morgan fingerprint density at radius 1 is 0.378 bits per heavy atom. The summed E-state index contributed by atoms with van der Waals surface area (Å²) in [5, 5.41) is 8.28. The van der Waals surface area contributed by atoms with Crippen molar-refractivity contribution in [3.8, 4) is 17.6 Å². The Labute approximate surface area is 855 Å². The van der Waals surface area contributed by atoms with Gasteiger partial charge in [-0.2, -0.15) is 57.1 Å². The van der Waals surface area contributed by atoms with Gasteiger partial charge in [0.2, 0.25) is 35.4 Å². The second kappa shape index (κ2) is 42.8. The molecule has 24 atom stereocenters. The van der Waals surface area contributed by atoms with Crippen molar-refractivity contribution < 1.29 is 184 Å². The second-order valence-electron chi connectivity index (χ2n) is 43.6. The van der Waals surface area contributed by atoms with Crippen molar-refractivity contribution in [2.24, 2.45) is 87.3 Å². The fraction of sp³-hybridized carbons (Fsp3) is 0.670. The molecule has 0 spiro atoms. The molecule has 6 amide bonds. The molecule has 3 N–H and O–H groups in total. The molecule has 777 valence electrons. The van der Waals surface area contributed by atoms with E-state index in [1.807, 2.05) is 39.6 Å². The van der Waals surface area contributed by atoms with Gasteiger partial charge in [-0.1, -0.05) is 133 Å². The number of aryl methyl sites for hydroxylation is 1. The summed E-state index contributed by atoms with van der Waals surface area (Å²) >= 11 is 0. The van der Waals surface area contributed by atoms with E-state index in [9.17, 15) is 82.7 Å². The maximum atomic E-state index is 16.1. The van der Waals surface area contributed by atoms with Crippen LogP contribution in [0.5, 0.6) is 17.6 Å². The molecule has 3 radical (unpaired) electrons. The Hall–Kier alpha value is -8.85. The zero-order valence-corrected chi connectivity index (χ0v) is 85.4. The molecule has 43 heteroatoms. The standard InChI is InChI=1S/C34H40F5N4O5.C33H38F5N4O5.C33H40F3N4O5.3V/c1-5-19-24(16-44)43-15-26(19)47-29-27(40-22-10-9-18(34(37,38)39)14-23(22)41-29)33(35,36)11-7-6-8-20-21-12-17(21)13-25(20)48-31(46)42-28(30(43)45)32(2,3)4;1-16-23(15-43)42-14-25(16)46-28-26(39-21-9-8-18(33(36,37)38)13-22(21)40-28)32(34,35)10-6-5-7-19-20-11-17(20)12-24(19)47-30(45)41-27(29(42)44)31(2,3)4;1-17-25(16-41)40-15-27(17)44-29-23(37-22-11-10-19(33(34,35)36)14-24(22)38-29)9-7-5-6-8-20-21-12-18(21)13-26(20)45-31(43)39-28(30(40)42)32(2,3)4;;;/h9-10,14,17,19-21,24-26,28H,5-8,11-13,15H2,1-4H3,(H,42,46);8-9,13,16-17,19-20,23-25,27H,5-7,10-12,14H2,1-4H3,(H,41,45);10-11,14,17-18,20-21,25-28H,5-9,12-13,15H2,1-4H3,(H,39,43);;;/q3*-1;;;/t17?,19-,20+,21?,24+,25+,26-,28+;16-,17?,19+,20?,23+,24+,25-,27+;17-,18?,20+,21?,25+,26+,27-,28+;;;/m000.../s1. The number of benzene rings is 3. The molecular weight excluding hydrogens is 2010 g/mol. The van der Waals surface area contributed by atoms with Crippen molar-refractivity contribution in [3.05, 3.63) is 88.4 Å². The first kappa shape index (κ1) is 111. The van der Waals surface area contributed by atoms with E-state index in [2.05, 4.69) is 45.9 Å². The van der Waals surface area contributed by atoms with Gasteiger partial charge in [0, 0.05) is 68.5 Å². The number of hydrogen-bond acceptors (Lipinski definition) is 21. The minimum atomic E-state index is -4.71. The molecule has 6 bridgehead atoms. The number of carbonyl (C=O) groups is 6. The normalized spacial score (nSPS) is 32.1. The molecule has 27 nitrogen and oxygen atoms in total. The van der Waals surface area contributed by atoms with Crippen LogP contribution in [0, 0.1) is 87.3 Å². The summed E-state index contributed by atoms with van der Waals surface area (Å²) in [6, 6.07) is 1.71. The quantitative estimate of drug-likeness (QED) is 0.0838. The fourth-order valence-electron chi connectivity index (χ4n) is 22.8. The molecule has 3 aromatic heterocycles. The van der Waals surface area contributed by atoms with Crippen LogP contribution in [0.4, 0.5) is 71.5 Å². The van der Waals surface area contributed by atoms with E-state index in [4.69, 9.17) is 28.4 Å². The van der Waals surface area contributed by atoms with Crippen molar-refractivity contribution >= 4 is 88.0 Å². The van der Waals surface area contributed by atoms with Gasteiger partial charge in [0.05, 0.1) is 69.4 Å². The van der Waals surface area contributed by atoms with Crippen LogP contribution < -0.4 is 30.2 Å². The molecule has 18 rings (SSSR count). The largest absolute Gasteiger partial charge is 0.540 e. The van der Waals surface area contributed by atoms with Gasteiger partial charge in [-0.05, 0) is 225 Å². The SMILES string of the molecule is CC[C@@H]1[C@@H]2CN(C(=O)[C@H](C(C)(C)C)NC(=O)O[C@@H]3CC4CC4[C@H]3CCCCC(F)(F)c3nc4ccc(C(F)(F)F)cc4nc3O2)[C@@H]1[C-]=O.C[C@@H]1[C@@H]2CN(C(=O)[C@H](C(C)(C)C)NC(=O)O[C@@H]3CC4CC4[C@H]3CCCCC(F)(F)c3nc4ccc(C(F)(F)F)cc4nc3O2)[C@@H]1[C-]=O.C[C@@H]1[C@@H]2CN(C(=O)[C@H](C(C)(C)C)NC(=O)O[C@@H]3CC4CC4[C@H]3CCCCCc3nc4ccc(C(F)(F)F)cc4nc3O2)[C@@H]1[C-]=O.[V].[V].[V]. The van der Waals surface area contributed by atoms with Crippen LogP contribution in [0.25, 0.3) is 33.1 Å². The first-order valence-corrected chi connectivity index (χ1v) is 48.6. The molecule has 3 aromatic carbocycles. The molecule has 6 aliphatic heterocycles. The van der Waals surface area contributed by atoms with Gasteiger partial charge in [-0.3, -0.25) is 14.4 Å². The van der Waals surface area contributed by atoms with Crippen LogP contribution in [0.2, 0.25) is 0 Å². The van der Waals surface area contributed by atoms with Gasteiger partial charge in [0.15, 0.2) is 11.4 Å². The minimum absolute atomic E-state index is 0. The van der Waals surface area contributed by atoms with Crippen LogP contribution in [0.1, 0.15) is 239 Å². The summed E-state index contributed by atoms with van der Waals surface area (Å²) in [6.45, 7) is 20.5. The Balaban J connectivity index is 0.000000178. The number of nitrogens with one attached hydrogen (secondary N) is 3. The fourth-order valence-corrected chi connectivity index (χ4v) is 22.8. The molecule has 9 fully saturated rings. The zero-order valence-electron chi connectivity index (χ0n) is 81.2. The third kappa shape index (κ3) is 24.1. The third-order valence-electron chi connectivity index (χ3n) is 30.8. The Kier molecular flexibility index (Phi) is 33.3. The monoisotopic (exact) mass is 2130 g/mol. The molecule has 6 aromatic rings. The van der Waals surface area contributed by atoms with Crippen molar-refractivity contribution in [1.82, 2.24) is 60.6 Å². The van der Waals surface area contributed by atoms with E-state index in [1.165, 1.54) is 20.8 Å². The van der Waals surface area contributed by atoms with Gasteiger partial charge in [0.1, 0.15) is 60.4 Å². The van der Waals surface area contributed by atoms with E-state index in [0.29, 0.717) is 97.7 Å². The van der Waals surface area contributed by atoms with E-state index in [-0.39, 0.29) is 152 Å². The number of rotatable bonds is 4. The number of carbonyl (C=O) groups excluding carboxylic acids is 9. The number of nitrogens with zero attached hydrogens (tertiary/aromatic N) is 9. The molecule has 143 heavy (non-hydrogen) atoms. The first-order chi connectivity index (χ1) is 65.7. The van der Waals surface area contributed by atoms with E-state index in [0.717, 1.165) is 93.8 Å². The maximum absolute atomic E-state index is 16.1. The molecule has 6 unspecified atom stereocenters. The summed E-state index contributed by atoms with van der Waals surface area (Å²) in [5.41, 5.74) is -6.89. The van der Waals surface area contributed by atoms with Crippen molar-refractivity contribution in [1.29, 1.82) is 0 Å². The number of hydrogen-bond donors (Lipinski definition) is 3. The predicted octanol–water partition coefficient (Wildman–Crippen LogP) is 18.4. The summed E-state index contributed by atoms with van der Waals surface area (Å²) in [7, 11) is 0. The predicted molar refractivity (Wildman–Crippen MR) is 479 cm³/mol. The minimum Gasteiger partial charge on any atom is -0.540 e. The third-order valence-corrected chi connectivity index (χ3v) is 30.8. The number of fused-ring (bicyclic) bond motifs is 21. The molecule has 3 saturated heterocycles. The van der Waals surface area contributed by atoms with E-state index >= 15 is 17.6 Å². The number of alkyl halides is 13. The van der Waals surface area contributed by atoms with Crippen LogP contribution in [0.3, 0.4) is 0 Å².